The maximum absolute atomic E-state index is 9.58. The summed E-state index contributed by atoms with van der Waals surface area (Å²) in [5, 5.41) is 26.7. The van der Waals surface area contributed by atoms with Crippen molar-refractivity contribution in [2.75, 3.05) is 13.6 Å². The van der Waals surface area contributed by atoms with Gasteiger partial charge in [0.25, 0.3) is 5.88 Å². The van der Waals surface area contributed by atoms with Gasteiger partial charge in [0.2, 0.25) is 11.5 Å². The van der Waals surface area contributed by atoms with Gasteiger partial charge in [-0.25, -0.2) is 0 Å². The molecule has 0 aliphatic rings. The smallest absolute Gasteiger partial charge is 0.488 e. The molecule has 0 saturated heterocycles. The summed E-state index contributed by atoms with van der Waals surface area (Å²) < 4.78 is 0. The van der Waals surface area contributed by atoms with Crippen LogP contribution in [0.15, 0.2) is 41.9 Å². The number of diazo groups is 1. The Hall–Kier alpha value is -2.53. The minimum Gasteiger partial charge on any atom is -0.488 e. The van der Waals surface area contributed by atoms with Crippen molar-refractivity contribution >= 4 is 0 Å². The number of aliphatic hydroxyl groups is 1. The topological polar surface area (TPSA) is 75.4 Å². The molecule has 0 bridgehead atoms. The standard InChI is InChI=1S/C12H12N4O/c1-16(12(17)11(9-13)15-14)8-7-10-5-3-2-4-6-10/h2-6H,7-8H2,1H3/p+1/b12-11+. The molecule has 0 unspecified atom stereocenters. The summed E-state index contributed by atoms with van der Waals surface area (Å²) in [6.07, 6.45) is 0.728. The van der Waals surface area contributed by atoms with Gasteiger partial charge in [-0.3, -0.25) is 0 Å². The Labute approximate surface area is 99.8 Å². The second-order valence-electron chi connectivity index (χ2n) is 3.54. The molecule has 1 N–H and O–H groups in total. The van der Waals surface area contributed by atoms with Crippen molar-refractivity contribution in [3.05, 3.63) is 52.5 Å². The van der Waals surface area contributed by atoms with Crippen LogP contribution >= 0.6 is 0 Å². The fourth-order valence-electron chi connectivity index (χ4n) is 1.35. The second-order valence-corrected chi connectivity index (χ2v) is 3.54. The first-order valence-corrected chi connectivity index (χ1v) is 5.12. The molecule has 86 valence electrons. The summed E-state index contributed by atoms with van der Waals surface area (Å²) in [6, 6.07) is 11.4. The number of nitriles is 1. The summed E-state index contributed by atoms with van der Waals surface area (Å²) in [5.74, 6) is -0.328. The molecule has 0 amide bonds. The summed E-state index contributed by atoms with van der Waals surface area (Å²) in [4.78, 5) is 4.17. The van der Waals surface area contributed by atoms with Crippen LogP contribution in [0.5, 0.6) is 0 Å². The largest absolute Gasteiger partial charge is 0.519 e. The fraction of sp³-hybridized carbons (Fsp3) is 0.250. The predicted molar refractivity (Wildman–Crippen MR) is 63.1 cm³/mol. The Morgan fingerprint density at radius 2 is 2.06 bits per heavy atom. The maximum atomic E-state index is 9.58. The minimum atomic E-state index is -0.388. The van der Waals surface area contributed by atoms with Crippen molar-refractivity contribution in [2.24, 2.45) is 0 Å². The lowest BCUT2D eigenvalue weighted by atomic mass is 10.1. The Morgan fingerprint density at radius 1 is 1.41 bits per heavy atom. The monoisotopic (exact) mass is 229 g/mol. The van der Waals surface area contributed by atoms with Crippen molar-refractivity contribution in [1.29, 1.82) is 10.7 Å². The van der Waals surface area contributed by atoms with Gasteiger partial charge in [-0.05, 0) is 12.0 Å². The fourth-order valence-corrected chi connectivity index (χ4v) is 1.35. The molecule has 0 radical (unpaired) electrons. The molecule has 0 saturated carbocycles. The molecule has 1 rings (SSSR count). The average Bonchev–Trinajstić information content (AvgIpc) is 2.38. The first-order valence-electron chi connectivity index (χ1n) is 5.12. The lowest BCUT2D eigenvalue weighted by Gasteiger charge is -2.14. The van der Waals surface area contributed by atoms with E-state index in [9.17, 15) is 5.11 Å². The van der Waals surface area contributed by atoms with E-state index in [0.717, 1.165) is 12.0 Å². The quantitative estimate of drug-likeness (QED) is 0.488. The zero-order valence-electron chi connectivity index (χ0n) is 9.54. The van der Waals surface area contributed by atoms with Crippen molar-refractivity contribution in [1.82, 2.24) is 4.90 Å². The Balaban J connectivity index is 2.63. The van der Waals surface area contributed by atoms with Crippen LogP contribution in [0.3, 0.4) is 0 Å². The summed E-state index contributed by atoms with van der Waals surface area (Å²) in [6.45, 7) is 0.524. The van der Waals surface area contributed by atoms with Crippen LogP contribution in [-0.4, -0.2) is 23.6 Å². The van der Waals surface area contributed by atoms with Gasteiger partial charge in [0.05, 0.1) is 0 Å². The predicted octanol–water partition coefficient (Wildman–Crippen LogP) is 2.26. The van der Waals surface area contributed by atoms with Gasteiger partial charge in [-0.15, -0.1) is 0 Å². The van der Waals surface area contributed by atoms with E-state index < -0.39 is 0 Å². The number of nitrogens with zero attached hydrogens (tertiary/aromatic N) is 4. The van der Waals surface area contributed by atoms with Gasteiger partial charge in [-0.1, -0.05) is 30.3 Å². The minimum absolute atomic E-state index is 0.328. The van der Waals surface area contributed by atoms with Gasteiger partial charge in [0, 0.05) is 13.6 Å². The van der Waals surface area contributed by atoms with E-state index in [2.05, 4.69) is 4.98 Å². The zero-order valence-corrected chi connectivity index (χ0v) is 9.54. The highest BCUT2D eigenvalue weighted by Gasteiger charge is 2.21. The van der Waals surface area contributed by atoms with Gasteiger partial charge >= 0.3 is 5.70 Å². The van der Waals surface area contributed by atoms with E-state index in [-0.39, 0.29) is 11.6 Å². The number of benzene rings is 1. The molecule has 17 heavy (non-hydrogen) atoms. The molecule has 0 spiro atoms. The van der Waals surface area contributed by atoms with Crippen LogP contribution in [0.1, 0.15) is 5.56 Å². The molecule has 0 fully saturated rings. The third-order valence-electron chi connectivity index (χ3n) is 2.36. The summed E-state index contributed by atoms with van der Waals surface area (Å²) >= 11 is 0. The van der Waals surface area contributed by atoms with E-state index in [0.29, 0.717) is 6.54 Å². The molecular formula is C12H13N4O+. The molecule has 1 aromatic rings. The number of likely N-dealkylation sites (N-methyl/N-ethyl adjacent to an activating group) is 1. The van der Waals surface area contributed by atoms with E-state index in [1.54, 1.807) is 13.1 Å². The number of allylic oxidation sites excluding steroid dienone is 1. The van der Waals surface area contributed by atoms with E-state index in [4.69, 9.17) is 10.7 Å². The summed E-state index contributed by atoms with van der Waals surface area (Å²) in [7, 11) is 1.63. The number of aliphatic hydroxyl groups excluding tert-OH is 1. The Bertz CT molecular complexity index is 465. The highest BCUT2D eigenvalue weighted by Crippen LogP contribution is 2.08. The third-order valence-corrected chi connectivity index (χ3v) is 2.36. The van der Waals surface area contributed by atoms with Gasteiger partial charge in [0.15, 0.2) is 4.98 Å². The molecule has 0 aliphatic carbocycles. The van der Waals surface area contributed by atoms with E-state index in [1.807, 2.05) is 30.3 Å². The highest BCUT2D eigenvalue weighted by atomic mass is 16.3. The molecule has 5 nitrogen and oxygen atoms in total. The molecule has 0 aliphatic heterocycles. The van der Waals surface area contributed by atoms with E-state index in [1.165, 1.54) is 4.90 Å². The molecule has 0 aromatic heterocycles. The van der Waals surface area contributed by atoms with Crippen LogP contribution in [-0.2, 0) is 6.42 Å². The SMILES string of the molecule is CN(CCc1ccccc1)/C(O)=C(/C#N)[N+]#N. The number of hydrogen-bond donors (Lipinski definition) is 1. The normalized spacial score (nSPS) is 11.0. The molecule has 0 atom stereocenters. The van der Waals surface area contributed by atoms with E-state index >= 15 is 0 Å². The lowest BCUT2D eigenvalue weighted by molar-refractivity contribution is 0.232. The Morgan fingerprint density at radius 3 is 2.59 bits per heavy atom. The van der Waals surface area contributed by atoms with Crippen LogP contribution < -0.4 is 0 Å². The first-order chi connectivity index (χ1) is 8.19. The molecular weight excluding hydrogens is 216 g/mol. The maximum Gasteiger partial charge on any atom is 0.519 e. The van der Waals surface area contributed by atoms with Gasteiger partial charge in [0.1, 0.15) is 0 Å². The van der Waals surface area contributed by atoms with Gasteiger partial charge < -0.3 is 10.0 Å². The van der Waals surface area contributed by atoms with Crippen LogP contribution in [0.25, 0.3) is 4.98 Å². The molecule has 1 aromatic carbocycles. The van der Waals surface area contributed by atoms with Crippen molar-refractivity contribution < 1.29 is 5.11 Å². The van der Waals surface area contributed by atoms with Crippen molar-refractivity contribution in [2.45, 2.75) is 6.42 Å². The third kappa shape index (κ3) is 3.51. The molecule has 5 heteroatoms. The highest BCUT2D eigenvalue weighted by molar-refractivity contribution is 5.28. The van der Waals surface area contributed by atoms with Crippen molar-refractivity contribution in [3.63, 3.8) is 0 Å². The molecule has 0 heterocycles. The summed E-state index contributed by atoms with van der Waals surface area (Å²) in [5.41, 5.74) is 0.743. The van der Waals surface area contributed by atoms with Crippen LogP contribution in [0.2, 0.25) is 0 Å². The second kappa shape index (κ2) is 6.14. The van der Waals surface area contributed by atoms with Crippen LogP contribution in [0.4, 0.5) is 0 Å². The zero-order chi connectivity index (χ0) is 12.7. The Kier molecular flexibility index (Phi) is 4.53. The van der Waals surface area contributed by atoms with Gasteiger partial charge in [-0.2, -0.15) is 5.26 Å². The number of hydrogen-bond acceptors (Lipinski definition) is 4. The average molecular weight is 229 g/mol. The lowest BCUT2D eigenvalue weighted by Crippen LogP contribution is -2.21. The van der Waals surface area contributed by atoms with Crippen LogP contribution in [0, 0.1) is 16.7 Å². The number of rotatable bonds is 4. The first kappa shape index (κ1) is 12.5. The van der Waals surface area contributed by atoms with Crippen molar-refractivity contribution in [3.8, 4) is 6.07 Å².